The van der Waals surface area contributed by atoms with Gasteiger partial charge in [0.2, 0.25) is 0 Å². The molecule has 0 N–H and O–H groups in total. The summed E-state index contributed by atoms with van der Waals surface area (Å²) in [5, 5.41) is 4.07. The van der Waals surface area contributed by atoms with Crippen LogP contribution in [0.25, 0.3) is 5.69 Å². The minimum absolute atomic E-state index is 0.350. The summed E-state index contributed by atoms with van der Waals surface area (Å²) < 4.78 is 30.4. The first-order valence-corrected chi connectivity index (χ1v) is 7.24. The van der Waals surface area contributed by atoms with Gasteiger partial charge in [0, 0.05) is 18.0 Å². The smallest absolute Gasteiger partial charge is 0.148 e. The molecule has 20 heavy (non-hydrogen) atoms. The van der Waals surface area contributed by atoms with Gasteiger partial charge < -0.3 is 0 Å². The van der Waals surface area contributed by atoms with Crippen LogP contribution in [0, 0.1) is 5.82 Å². The molecule has 0 bridgehead atoms. The van der Waals surface area contributed by atoms with Crippen LogP contribution in [0.3, 0.4) is 0 Å². The van der Waals surface area contributed by atoms with E-state index in [2.05, 4.69) is 9.50 Å². The second kappa shape index (κ2) is 5.66. The minimum Gasteiger partial charge on any atom is -0.237 e. The van der Waals surface area contributed by atoms with Crippen LogP contribution in [0.5, 0.6) is 0 Å². The highest BCUT2D eigenvalue weighted by Crippen LogP contribution is 2.14. The number of nitrogens with zero attached hydrogens (tertiary/aromatic N) is 3. The summed E-state index contributed by atoms with van der Waals surface area (Å²) >= 11 is 0. The van der Waals surface area contributed by atoms with E-state index in [0.29, 0.717) is 11.3 Å². The van der Waals surface area contributed by atoms with E-state index in [4.69, 9.17) is 0 Å². The summed E-state index contributed by atoms with van der Waals surface area (Å²) in [6, 6.07) is 6.37. The predicted octanol–water partition coefficient (Wildman–Crippen LogP) is 2.89. The molecule has 0 spiro atoms. The molecule has 2 aromatic rings. The van der Waals surface area contributed by atoms with E-state index < -0.39 is 15.7 Å². The molecule has 0 radical (unpaired) electrons. The molecule has 2 rings (SSSR count). The lowest BCUT2D eigenvalue weighted by Gasteiger charge is -2.12. The Balaban J connectivity index is 2.21. The molecule has 0 fully saturated rings. The first-order chi connectivity index (χ1) is 9.38. The van der Waals surface area contributed by atoms with Gasteiger partial charge in [-0.15, -0.1) is 0 Å². The van der Waals surface area contributed by atoms with Crippen LogP contribution in [-0.2, 0) is 11.0 Å². The molecular weight excluding hydrogens is 277 g/mol. The van der Waals surface area contributed by atoms with Crippen molar-refractivity contribution in [3.05, 3.63) is 48.0 Å². The highest BCUT2D eigenvalue weighted by Gasteiger charge is 2.18. The number of rotatable bonds is 3. The maximum atomic E-state index is 13.6. The quantitative estimate of drug-likeness (QED) is 0.817. The summed E-state index contributed by atoms with van der Waals surface area (Å²) in [4.78, 5) is 0. The van der Waals surface area contributed by atoms with Crippen LogP contribution < -0.4 is 0 Å². The zero-order valence-electron chi connectivity index (χ0n) is 11.6. The largest absolute Gasteiger partial charge is 0.237 e. The van der Waals surface area contributed by atoms with Gasteiger partial charge in [0.25, 0.3) is 0 Å². The molecule has 1 atom stereocenters. The van der Waals surface area contributed by atoms with E-state index in [1.807, 2.05) is 20.8 Å². The third kappa shape index (κ3) is 3.39. The monoisotopic (exact) mass is 293 g/mol. The number of halogens is 1. The van der Waals surface area contributed by atoms with Crippen molar-refractivity contribution in [2.24, 2.45) is 4.40 Å². The summed E-state index contributed by atoms with van der Waals surface area (Å²) in [6.07, 6.45) is 4.68. The van der Waals surface area contributed by atoms with Gasteiger partial charge in [-0.2, -0.15) is 9.50 Å². The first-order valence-electron chi connectivity index (χ1n) is 6.13. The van der Waals surface area contributed by atoms with Crippen LogP contribution in [0.4, 0.5) is 4.39 Å². The topological polar surface area (TPSA) is 47.2 Å². The van der Waals surface area contributed by atoms with Gasteiger partial charge >= 0.3 is 0 Å². The Labute approximate surface area is 119 Å². The molecule has 1 heterocycles. The van der Waals surface area contributed by atoms with Crippen LogP contribution >= 0.6 is 0 Å². The highest BCUT2D eigenvalue weighted by atomic mass is 32.2. The average molecular weight is 293 g/mol. The summed E-state index contributed by atoms with van der Waals surface area (Å²) in [7, 11) is -1.32. The maximum Gasteiger partial charge on any atom is 0.148 e. The Hall–Kier alpha value is -1.82. The molecule has 1 aromatic heterocycles. The highest BCUT2D eigenvalue weighted by molar-refractivity contribution is 7.85. The summed E-state index contributed by atoms with van der Waals surface area (Å²) in [5.41, 5.74) is 1.04. The Morgan fingerprint density at radius 1 is 1.35 bits per heavy atom. The molecule has 0 aliphatic rings. The van der Waals surface area contributed by atoms with Gasteiger partial charge in [-0.05, 0) is 32.9 Å². The molecule has 0 amide bonds. The summed E-state index contributed by atoms with van der Waals surface area (Å²) in [5.74, 6) is -0.350. The van der Waals surface area contributed by atoms with E-state index >= 15 is 0 Å². The molecule has 0 aliphatic heterocycles. The van der Waals surface area contributed by atoms with Crippen molar-refractivity contribution in [3.63, 3.8) is 0 Å². The van der Waals surface area contributed by atoms with Crippen LogP contribution in [0.1, 0.15) is 26.3 Å². The average Bonchev–Trinajstić information content (AvgIpc) is 2.84. The Morgan fingerprint density at radius 2 is 2.05 bits per heavy atom. The fourth-order valence-corrected chi connectivity index (χ4v) is 1.97. The fraction of sp³-hybridized carbons (Fsp3) is 0.286. The second-order valence-electron chi connectivity index (χ2n) is 5.27. The zero-order chi connectivity index (χ0) is 14.8. The molecule has 1 unspecified atom stereocenters. The number of hydrogen-bond acceptors (Lipinski definition) is 2. The van der Waals surface area contributed by atoms with Crippen molar-refractivity contribution < 1.29 is 8.60 Å². The molecule has 4 nitrogen and oxygen atoms in total. The van der Waals surface area contributed by atoms with Crippen LogP contribution in [-0.4, -0.2) is 25.0 Å². The standard InChI is InChI=1S/C14H16FN3OS/c1-14(2,3)20(19)17-9-11-8-16-18(10-11)13-7-5-4-6-12(13)15/h4-10H,1-3H3/b17-9+. The number of hydrogen-bond donors (Lipinski definition) is 0. The Kier molecular flexibility index (Phi) is 4.13. The normalized spacial score (nSPS) is 13.8. The van der Waals surface area contributed by atoms with E-state index in [-0.39, 0.29) is 5.82 Å². The third-order valence-corrected chi connectivity index (χ3v) is 3.87. The lowest BCUT2D eigenvalue weighted by molar-refractivity contribution is 0.611. The number of aromatic nitrogens is 2. The van der Waals surface area contributed by atoms with Crippen molar-refractivity contribution in [1.82, 2.24) is 9.78 Å². The minimum atomic E-state index is -1.32. The van der Waals surface area contributed by atoms with Gasteiger partial charge in [0.1, 0.15) is 22.5 Å². The van der Waals surface area contributed by atoms with Gasteiger partial charge in [-0.3, -0.25) is 0 Å². The lowest BCUT2D eigenvalue weighted by Crippen LogP contribution is -2.19. The fourth-order valence-electron chi connectivity index (χ4n) is 1.44. The third-order valence-electron chi connectivity index (χ3n) is 2.52. The van der Waals surface area contributed by atoms with Crippen molar-refractivity contribution in [2.75, 3.05) is 0 Å². The van der Waals surface area contributed by atoms with Crippen LogP contribution in [0.15, 0.2) is 41.1 Å². The van der Waals surface area contributed by atoms with Crippen molar-refractivity contribution >= 4 is 17.2 Å². The van der Waals surface area contributed by atoms with E-state index in [1.165, 1.54) is 17.0 Å². The van der Waals surface area contributed by atoms with E-state index in [1.54, 1.807) is 30.6 Å². The Bertz CT molecular complexity index is 658. The van der Waals surface area contributed by atoms with Crippen molar-refractivity contribution in [1.29, 1.82) is 0 Å². The van der Waals surface area contributed by atoms with E-state index in [9.17, 15) is 8.60 Å². The molecule has 6 heteroatoms. The SMILES string of the molecule is CC(C)(C)S(=O)/N=C/c1cnn(-c2ccccc2F)c1. The Morgan fingerprint density at radius 3 is 2.70 bits per heavy atom. The van der Waals surface area contributed by atoms with Crippen LogP contribution in [0.2, 0.25) is 0 Å². The number of benzene rings is 1. The van der Waals surface area contributed by atoms with E-state index in [0.717, 1.165) is 0 Å². The molecule has 0 saturated heterocycles. The summed E-state index contributed by atoms with van der Waals surface area (Å²) in [6.45, 7) is 5.55. The first kappa shape index (κ1) is 14.6. The zero-order valence-corrected chi connectivity index (χ0v) is 12.4. The number of para-hydroxylation sites is 1. The maximum absolute atomic E-state index is 13.6. The van der Waals surface area contributed by atoms with Gasteiger partial charge in [-0.1, -0.05) is 12.1 Å². The van der Waals surface area contributed by atoms with Gasteiger partial charge in [0.05, 0.1) is 10.9 Å². The molecule has 0 saturated carbocycles. The second-order valence-corrected chi connectivity index (χ2v) is 7.20. The molecule has 1 aromatic carbocycles. The predicted molar refractivity (Wildman–Crippen MR) is 79.0 cm³/mol. The van der Waals surface area contributed by atoms with Crippen molar-refractivity contribution in [2.45, 2.75) is 25.5 Å². The lowest BCUT2D eigenvalue weighted by atomic mass is 10.3. The molecule has 106 valence electrons. The molecule has 0 aliphatic carbocycles. The van der Waals surface area contributed by atoms with Crippen molar-refractivity contribution in [3.8, 4) is 5.69 Å². The van der Waals surface area contributed by atoms with Gasteiger partial charge in [0.15, 0.2) is 0 Å². The molecular formula is C14H16FN3OS. The van der Waals surface area contributed by atoms with Gasteiger partial charge in [-0.25, -0.2) is 13.3 Å².